The molecule has 9 heteroatoms. The third-order valence-corrected chi connectivity index (χ3v) is 4.27. The van der Waals surface area contributed by atoms with E-state index in [-0.39, 0.29) is 30.6 Å². The lowest BCUT2D eigenvalue weighted by Gasteiger charge is -2.22. The van der Waals surface area contributed by atoms with E-state index in [9.17, 15) is 18.0 Å². The molecule has 140 valence electrons. The molecular formula is C17H18F3N3O3. The average Bonchev–Trinajstić information content (AvgIpc) is 2.99. The highest BCUT2D eigenvalue weighted by atomic mass is 19.4. The van der Waals surface area contributed by atoms with Gasteiger partial charge in [0.25, 0.3) is 0 Å². The van der Waals surface area contributed by atoms with Crippen molar-refractivity contribution in [3.8, 4) is 5.75 Å². The quantitative estimate of drug-likeness (QED) is 0.829. The van der Waals surface area contributed by atoms with Gasteiger partial charge in [0.2, 0.25) is 5.91 Å². The number of carbonyl (C=O) groups is 1. The lowest BCUT2D eigenvalue weighted by Crippen LogP contribution is -2.35. The number of fused-ring (bicyclic) bond motifs is 1. The summed E-state index contributed by atoms with van der Waals surface area (Å²) in [5, 5.41) is 3.31. The molecule has 2 aromatic rings. The van der Waals surface area contributed by atoms with Gasteiger partial charge in [-0.3, -0.25) is 4.79 Å². The number of ether oxygens (including phenoxy) is 1. The first kappa shape index (κ1) is 18.2. The Morgan fingerprint density at radius 2 is 2.12 bits per heavy atom. The summed E-state index contributed by atoms with van der Waals surface area (Å²) in [5.41, 5.74) is 0.977. The summed E-state index contributed by atoms with van der Waals surface area (Å²) in [6, 6.07) is 7.58. The van der Waals surface area contributed by atoms with Crippen molar-refractivity contribution in [3.63, 3.8) is 0 Å². The fraction of sp³-hybridized carbons (Fsp3) is 0.471. The zero-order valence-electron chi connectivity index (χ0n) is 14.1. The highest BCUT2D eigenvalue weighted by molar-refractivity contribution is 5.79. The van der Waals surface area contributed by atoms with E-state index in [2.05, 4.69) is 14.7 Å². The summed E-state index contributed by atoms with van der Waals surface area (Å²) >= 11 is 0. The SMILES string of the molecule is CN(CCc1noc(C(F)(F)F)n1)C(=O)C1CCOc2ccccc2C1. The molecule has 3 rings (SSSR count). The Hall–Kier alpha value is -2.58. The van der Waals surface area contributed by atoms with Crippen LogP contribution in [-0.4, -0.2) is 41.1 Å². The molecular weight excluding hydrogens is 351 g/mol. The van der Waals surface area contributed by atoms with Crippen molar-refractivity contribution in [3.05, 3.63) is 41.5 Å². The van der Waals surface area contributed by atoms with Crippen molar-refractivity contribution in [1.82, 2.24) is 15.0 Å². The molecule has 1 aliphatic rings. The van der Waals surface area contributed by atoms with Gasteiger partial charge in [0.05, 0.1) is 6.61 Å². The van der Waals surface area contributed by atoms with E-state index in [1.165, 1.54) is 4.90 Å². The highest BCUT2D eigenvalue weighted by Gasteiger charge is 2.38. The van der Waals surface area contributed by atoms with Crippen LogP contribution in [0.3, 0.4) is 0 Å². The molecule has 0 saturated heterocycles. The Bertz CT molecular complexity index is 776. The topological polar surface area (TPSA) is 68.5 Å². The minimum absolute atomic E-state index is 0.0773. The van der Waals surface area contributed by atoms with Gasteiger partial charge in [-0.15, -0.1) is 0 Å². The summed E-state index contributed by atoms with van der Waals surface area (Å²) in [6.45, 7) is 0.649. The summed E-state index contributed by atoms with van der Waals surface area (Å²) < 4.78 is 47.2. The standard InChI is InChI=1S/C17H18F3N3O3/c1-23(8-6-14-21-16(26-22-14)17(18,19)20)15(24)12-7-9-25-13-5-3-2-4-11(13)10-12/h2-5,12H,6-10H2,1H3. The number of alkyl halides is 3. The van der Waals surface area contributed by atoms with Crippen LogP contribution in [0.5, 0.6) is 5.75 Å². The molecule has 1 aromatic carbocycles. The second-order valence-corrected chi connectivity index (χ2v) is 6.17. The molecule has 1 aliphatic heterocycles. The highest BCUT2D eigenvalue weighted by Crippen LogP contribution is 2.28. The molecule has 0 radical (unpaired) electrons. The average molecular weight is 369 g/mol. The summed E-state index contributed by atoms with van der Waals surface area (Å²) in [4.78, 5) is 17.5. The number of carbonyl (C=O) groups excluding carboxylic acids is 1. The number of halogens is 3. The van der Waals surface area contributed by atoms with Gasteiger partial charge in [-0.25, -0.2) is 0 Å². The van der Waals surface area contributed by atoms with Crippen LogP contribution >= 0.6 is 0 Å². The third-order valence-electron chi connectivity index (χ3n) is 4.27. The maximum atomic E-state index is 12.7. The third kappa shape index (κ3) is 4.14. The van der Waals surface area contributed by atoms with Gasteiger partial charge in [-0.2, -0.15) is 18.2 Å². The first-order chi connectivity index (χ1) is 12.3. The minimum atomic E-state index is -4.67. The second-order valence-electron chi connectivity index (χ2n) is 6.17. The van der Waals surface area contributed by atoms with Crippen molar-refractivity contribution >= 4 is 5.91 Å². The Labute approximate surface area is 147 Å². The van der Waals surface area contributed by atoms with Crippen LogP contribution in [0, 0.1) is 5.92 Å². The lowest BCUT2D eigenvalue weighted by molar-refractivity contribution is -0.159. The number of rotatable bonds is 4. The summed E-state index contributed by atoms with van der Waals surface area (Å²) in [6.07, 6.45) is -3.43. The summed E-state index contributed by atoms with van der Waals surface area (Å²) in [5.74, 6) is -0.980. The van der Waals surface area contributed by atoms with Gasteiger partial charge in [-0.05, 0) is 24.5 Å². The fourth-order valence-electron chi connectivity index (χ4n) is 2.86. The maximum Gasteiger partial charge on any atom is 0.471 e. The minimum Gasteiger partial charge on any atom is -0.493 e. The second kappa shape index (κ2) is 7.35. The molecule has 1 atom stereocenters. The van der Waals surface area contributed by atoms with Gasteiger partial charge < -0.3 is 14.2 Å². The zero-order chi connectivity index (χ0) is 18.7. The molecule has 0 aliphatic carbocycles. The fourth-order valence-corrected chi connectivity index (χ4v) is 2.86. The largest absolute Gasteiger partial charge is 0.493 e. The van der Waals surface area contributed by atoms with E-state index in [0.717, 1.165) is 11.3 Å². The van der Waals surface area contributed by atoms with Gasteiger partial charge in [0, 0.05) is 25.9 Å². The van der Waals surface area contributed by atoms with E-state index < -0.39 is 12.1 Å². The van der Waals surface area contributed by atoms with E-state index in [1.54, 1.807) is 7.05 Å². The molecule has 0 fully saturated rings. The number of hydrogen-bond donors (Lipinski definition) is 0. The van der Waals surface area contributed by atoms with Crippen LogP contribution in [0.4, 0.5) is 13.2 Å². The molecule has 2 heterocycles. The van der Waals surface area contributed by atoms with Gasteiger partial charge in [-0.1, -0.05) is 23.4 Å². The molecule has 0 N–H and O–H groups in total. The number of para-hydroxylation sites is 1. The Morgan fingerprint density at radius 1 is 1.35 bits per heavy atom. The number of hydrogen-bond acceptors (Lipinski definition) is 5. The van der Waals surface area contributed by atoms with Crippen molar-refractivity contribution in [2.45, 2.75) is 25.4 Å². The number of amides is 1. The first-order valence-corrected chi connectivity index (χ1v) is 8.20. The number of likely N-dealkylation sites (N-methyl/N-ethyl adjacent to an activating group) is 1. The lowest BCUT2D eigenvalue weighted by atomic mass is 9.95. The molecule has 26 heavy (non-hydrogen) atoms. The van der Waals surface area contributed by atoms with Crippen LogP contribution in [0.25, 0.3) is 0 Å². The Kier molecular flexibility index (Phi) is 5.15. The van der Waals surface area contributed by atoms with Crippen LogP contribution in [0.1, 0.15) is 23.7 Å². The van der Waals surface area contributed by atoms with Crippen molar-refractivity contribution < 1.29 is 27.2 Å². The van der Waals surface area contributed by atoms with Gasteiger partial charge >= 0.3 is 12.1 Å². The molecule has 6 nitrogen and oxygen atoms in total. The molecule has 1 unspecified atom stereocenters. The normalized spacial score (nSPS) is 17.2. The van der Waals surface area contributed by atoms with Crippen molar-refractivity contribution in [2.75, 3.05) is 20.2 Å². The Morgan fingerprint density at radius 3 is 2.85 bits per heavy atom. The van der Waals surface area contributed by atoms with Crippen molar-refractivity contribution in [1.29, 1.82) is 0 Å². The maximum absolute atomic E-state index is 12.7. The number of nitrogens with zero attached hydrogens (tertiary/aromatic N) is 3. The monoisotopic (exact) mass is 369 g/mol. The Balaban J connectivity index is 1.58. The van der Waals surface area contributed by atoms with Crippen LogP contribution in [0.2, 0.25) is 0 Å². The smallest absolute Gasteiger partial charge is 0.471 e. The predicted molar refractivity (Wildman–Crippen MR) is 84.4 cm³/mol. The van der Waals surface area contributed by atoms with Crippen molar-refractivity contribution in [2.24, 2.45) is 5.92 Å². The zero-order valence-corrected chi connectivity index (χ0v) is 14.1. The van der Waals surface area contributed by atoms with E-state index in [0.29, 0.717) is 19.4 Å². The number of aromatic nitrogens is 2. The predicted octanol–water partition coefficient (Wildman–Crippen LogP) is 2.73. The number of benzene rings is 1. The molecule has 0 spiro atoms. The molecule has 0 bridgehead atoms. The van der Waals surface area contributed by atoms with E-state index in [4.69, 9.17) is 4.74 Å². The van der Waals surface area contributed by atoms with E-state index in [1.807, 2.05) is 24.3 Å². The first-order valence-electron chi connectivity index (χ1n) is 8.20. The molecule has 0 saturated carbocycles. The van der Waals surface area contributed by atoms with Gasteiger partial charge in [0.15, 0.2) is 5.82 Å². The molecule has 1 amide bonds. The summed E-state index contributed by atoms with van der Waals surface area (Å²) in [7, 11) is 1.62. The van der Waals surface area contributed by atoms with Crippen LogP contribution in [-0.2, 0) is 23.8 Å². The van der Waals surface area contributed by atoms with Crippen LogP contribution in [0.15, 0.2) is 28.8 Å². The van der Waals surface area contributed by atoms with E-state index >= 15 is 0 Å². The van der Waals surface area contributed by atoms with Crippen LogP contribution < -0.4 is 4.74 Å². The molecule has 1 aromatic heterocycles. The van der Waals surface area contributed by atoms with Gasteiger partial charge in [0.1, 0.15) is 5.75 Å².